The summed E-state index contributed by atoms with van der Waals surface area (Å²) in [5.74, 6) is 5.02. The van der Waals surface area contributed by atoms with Gasteiger partial charge in [-0.15, -0.1) is 0 Å². The van der Waals surface area contributed by atoms with Gasteiger partial charge in [0.1, 0.15) is 4.90 Å². The van der Waals surface area contributed by atoms with Gasteiger partial charge in [-0.2, -0.15) is 0 Å². The second-order valence-corrected chi connectivity index (χ2v) is 5.05. The Morgan fingerprint density at radius 1 is 1.47 bits per heavy atom. The van der Waals surface area contributed by atoms with Crippen LogP contribution in [0.15, 0.2) is 23.1 Å². The predicted octanol–water partition coefficient (Wildman–Crippen LogP) is 0.808. The number of nitrogen functional groups attached to an aromatic ring is 1. The molecule has 0 radical (unpaired) electrons. The molecule has 15 heavy (non-hydrogen) atoms. The van der Waals surface area contributed by atoms with Crippen LogP contribution in [0.3, 0.4) is 0 Å². The summed E-state index contributed by atoms with van der Waals surface area (Å²) in [6, 6.07) is 3.01. The Labute approximate surface area is 89.4 Å². The molecule has 0 unspecified atom stereocenters. The lowest BCUT2D eigenvalue weighted by Crippen LogP contribution is -2.10. The summed E-state index contributed by atoms with van der Waals surface area (Å²) in [7, 11) is 1.10. The highest BCUT2D eigenvalue weighted by atomic mass is 35.7. The molecule has 1 aromatic rings. The van der Waals surface area contributed by atoms with Crippen molar-refractivity contribution >= 4 is 31.1 Å². The number of non-ortho nitro benzene ring substituents is 1. The molecule has 7 nitrogen and oxygen atoms in total. The number of anilines is 1. The van der Waals surface area contributed by atoms with E-state index in [4.69, 9.17) is 16.5 Å². The van der Waals surface area contributed by atoms with E-state index in [1.807, 2.05) is 5.43 Å². The number of hydrazine groups is 1. The van der Waals surface area contributed by atoms with E-state index in [9.17, 15) is 18.5 Å². The number of nitrogens with two attached hydrogens (primary N) is 1. The summed E-state index contributed by atoms with van der Waals surface area (Å²) < 4.78 is 22.0. The number of benzene rings is 1. The van der Waals surface area contributed by atoms with E-state index in [1.165, 1.54) is 0 Å². The van der Waals surface area contributed by atoms with E-state index in [0.29, 0.717) is 0 Å². The Morgan fingerprint density at radius 3 is 2.47 bits per heavy atom. The number of halogens is 1. The van der Waals surface area contributed by atoms with Crippen LogP contribution in [0, 0.1) is 10.1 Å². The molecule has 82 valence electrons. The molecule has 0 saturated heterocycles. The first-order valence-electron chi connectivity index (χ1n) is 3.56. The first kappa shape index (κ1) is 11.7. The maximum absolute atomic E-state index is 11.0. The SMILES string of the molecule is NNc1cc([N+](=O)[O-])ccc1S(=O)(=O)Cl. The van der Waals surface area contributed by atoms with Crippen LogP contribution in [0.5, 0.6) is 0 Å². The number of nitrogens with zero attached hydrogens (tertiary/aromatic N) is 1. The number of hydrogen-bond donors (Lipinski definition) is 2. The van der Waals surface area contributed by atoms with Crippen molar-refractivity contribution < 1.29 is 13.3 Å². The van der Waals surface area contributed by atoms with Crippen molar-refractivity contribution in [3.63, 3.8) is 0 Å². The van der Waals surface area contributed by atoms with E-state index in [-0.39, 0.29) is 16.3 Å². The van der Waals surface area contributed by atoms with Crippen molar-refractivity contribution in [3.05, 3.63) is 28.3 Å². The standard InChI is InChI=1S/C6H6ClN3O4S/c7-15(13,14)6-2-1-4(10(11)12)3-5(6)9-8/h1-3,9H,8H2. The molecule has 0 amide bonds. The van der Waals surface area contributed by atoms with Crippen LogP contribution in [0.4, 0.5) is 11.4 Å². The predicted molar refractivity (Wildman–Crippen MR) is 53.9 cm³/mol. The average Bonchev–Trinajstić information content (AvgIpc) is 2.15. The topological polar surface area (TPSA) is 115 Å². The fraction of sp³-hybridized carbons (Fsp3) is 0. The number of hydrogen-bond acceptors (Lipinski definition) is 6. The van der Waals surface area contributed by atoms with E-state index in [2.05, 4.69) is 0 Å². The third-order valence-corrected chi connectivity index (χ3v) is 2.97. The first-order valence-corrected chi connectivity index (χ1v) is 5.87. The van der Waals surface area contributed by atoms with Crippen molar-refractivity contribution in [2.24, 2.45) is 5.84 Å². The van der Waals surface area contributed by atoms with E-state index >= 15 is 0 Å². The fourth-order valence-corrected chi connectivity index (χ4v) is 1.97. The van der Waals surface area contributed by atoms with Gasteiger partial charge in [0.25, 0.3) is 14.7 Å². The van der Waals surface area contributed by atoms with E-state index in [1.54, 1.807) is 0 Å². The third-order valence-electron chi connectivity index (χ3n) is 1.59. The van der Waals surface area contributed by atoms with Gasteiger partial charge in [-0.25, -0.2) is 8.42 Å². The zero-order chi connectivity index (χ0) is 11.6. The fourth-order valence-electron chi connectivity index (χ4n) is 0.957. The Balaban J connectivity index is 3.40. The lowest BCUT2D eigenvalue weighted by atomic mass is 10.3. The molecular weight excluding hydrogens is 246 g/mol. The summed E-state index contributed by atoms with van der Waals surface area (Å²) in [5.41, 5.74) is 1.62. The minimum absolute atomic E-state index is 0.126. The molecule has 1 aromatic carbocycles. The summed E-state index contributed by atoms with van der Waals surface area (Å²) >= 11 is 0. The maximum atomic E-state index is 11.0. The number of rotatable bonds is 3. The number of nitrogens with one attached hydrogen (secondary N) is 1. The van der Waals surface area contributed by atoms with Crippen molar-refractivity contribution in [3.8, 4) is 0 Å². The highest BCUT2D eigenvalue weighted by Crippen LogP contribution is 2.27. The lowest BCUT2D eigenvalue weighted by molar-refractivity contribution is -0.384. The minimum Gasteiger partial charge on any atom is -0.323 e. The third kappa shape index (κ3) is 2.55. The molecule has 1 rings (SSSR count). The van der Waals surface area contributed by atoms with Crippen LogP contribution >= 0.6 is 10.7 Å². The van der Waals surface area contributed by atoms with Gasteiger partial charge >= 0.3 is 0 Å². The van der Waals surface area contributed by atoms with E-state index in [0.717, 1.165) is 18.2 Å². The van der Waals surface area contributed by atoms with Crippen LogP contribution in [0.1, 0.15) is 0 Å². The van der Waals surface area contributed by atoms with Gasteiger partial charge in [-0.1, -0.05) is 0 Å². The maximum Gasteiger partial charge on any atom is 0.271 e. The lowest BCUT2D eigenvalue weighted by Gasteiger charge is -2.04. The summed E-state index contributed by atoms with van der Waals surface area (Å²) in [4.78, 5) is 9.40. The highest BCUT2D eigenvalue weighted by molar-refractivity contribution is 8.13. The summed E-state index contributed by atoms with van der Waals surface area (Å²) in [6.45, 7) is 0. The van der Waals surface area contributed by atoms with Crippen molar-refractivity contribution in [1.29, 1.82) is 0 Å². The van der Waals surface area contributed by atoms with Crippen LogP contribution in [-0.4, -0.2) is 13.3 Å². The molecule has 0 aromatic heterocycles. The smallest absolute Gasteiger partial charge is 0.271 e. The molecule has 0 atom stereocenters. The Kier molecular flexibility index (Phi) is 3.12. The zero-order valence-corrected chi connectivity index (χ0v) is 8.75. The molecule has 0 aliphatic carbocycles. The van der Waals surface area contributed by atoms with Crippen molar-refractivity contribution in [1.82, 2.24) is 0 Å². The largest absolute Gasteiger partial charge is 0.323 e. The molecule has 0 aliphatic rings. The second kappa shape index (κ2) is 4.01. The zero-order valence-electron chi connectivity index (χ0n) is 7.18. The molecule has 0 spiro atoms. The van der Waals surface area contributed by atoms with Crippen molar-refractivity contribution in [2.45, 2.75) is 4.90 Å². The molecule has 0 bridgehead atoms. The van der Waals surface area contributed by atoms with Gasteiger partial charge < -0.3 is 5.43 Å². The van der Waals surface area contributed by atoms with Crippen molar-refractivity contribution in [2.75, 3.05) is 5.43 Å². The van der Waals surface area contributed by atoms with Gasteiger partial charge in [0.2, 0.25) is 0 Å². The molecule has 0 heterocycles. The number of nitro benzene ring substituents is 1. The van der Waals surface area contributed by atoms with Crippen LogP contribution in [-0.2, 0) is 9.05 Å². The highest BCUT2D eigenvalue weighted by Gasteiger charge is 2.18. The van der Waals surface area contributed by atoms with Crippen LogP contribution in [0.25, 0.3) is 0 Å². The average molecular weight is 252 g/mol. The van der Waals surface area contributed by atoms with Gasteiger partial charge in [0.05, 0.1) is 10.6 Å². The molecular formula is C6H6ClN3O4S. The van der Waals surface area contributed by atoms with Gasteiger partial charge in [0, 0.05) is 22.8 Å². The van der Waals surface area contributed by atoms with Crippen LogP contribution < -0.4 is 11.3 Å². The van der Waals surface area contributed by atoms with Gasteiger partial charge in [0.15, 0.2) is 0 Å². The van der Waals surface area contributed by atoms with Gasteiger partial charge in [-0.3, -0.25) is 16.0 Å². The Morgan fingerprint density at radius 2 is 2.07 bits per heavy atom. The molecule has 0 fully saturated rings. The van der Waals surface area contributed by atoms with Gasteiger partial charge in [-0.05, 0) is 6.07 Å². The second-order valence-electron chi connectivity index (χ2n) is 2.52. The first-order chi connectivity index (χ1) is 6.86. The molecule has 0 saturated carbocycles. The summed E-state index contributed by atoms with van der Waals surface area (Å²) in [6.07, 6.45) is 0. The minimum atomic E-state index is -3.98. The molecule has 0 aliphatic heterocycles. The Bertz CT molecular complexity index is 501. The van der Waals surface area contributed by atoms with E-state index < -0.39 is 14.0 Å². The monoisotopic (exact) mass is 251 g/mol. The van der Waals surface area contributed by atoms with Crippen LogP contribution in [0.2, 0.25) is 0 Å². The normalized spacial score (nSPS) is 11.1. The number of nitro groups is 1. The quantitative estimate of drug-likeness (QED) is 0.355. The Hall–Kier alpha value is -1.38. The summed E-state index contributed by atoms with van der Waals surface area (Å²) in [5, 5.41) is 10.4. The molecule has 3 N–H and O–H groups in total. The molecule has 9 heteroatoms.